The second kappa shape index (κ2) is 8.59. The predicted octanol–water partition coefficient (Wildman–Crippen LogP) is 3.50. The number of hydrogen-bond donors (Lipinski definition) is 1. The van der Waals surface area contributed by atoms with Crippen molar-refractivity contribution in [1.82, 2.24) is 5.32 Å². The Balaban J connectivity index is 2.71. The molecule has 0 bridgehead atoms. The van der Waals surface area contributed by atoms with Gasteiger partial charge >= 0.3 is 0 Å². The van der Waals surface area contributed by atoms with Crippen LogP contribution >= 0.6 is 0 Å². The molecule has 3 nitrogen and oxygen atoms in total. The molecule has 0 heterocycles. The number of methoxy groups -OCH3 is 1. The van der Waals surface area contributed by atoms with Crippen LogP contribution in [-0.2, 0) is 0 Å². The van der Waals surface area contributed by atoms with Gasteiger partial charge in [0.25, 0.3) is 0 Å². The third kappa shape index (κ3) is 5.35. The maximum absolute atomic E-state index is 5.50. The molecule has 1 rings (SSSR count). The van der Waals surface area contributed by atoms with Crippen molar-refractivity contribution in [3.8, 4) is 11.5 Å². The Morgan fingerprint density at radius 3 is 2.68 bits per heavy atom. The number of rotatable bonds is 8. The van der Waals surface area contributed by atoms with E-state index in [2.05, 4.69) is 31.3 Å². The van der Waals surface area contributed by atoms with E-state index in [1.165, 1.54) is 0 Å². The Labute approximate surface area is 116 Å². The van der Waals surface area contributed by atoms with E-state index in [9.17, 15) is 0 Å². The highest BCUT2D eigenvalue weighted by molar-refractivity contribution is 5.56. The standard InChI is InChI=1S/C16H25NO2/c1-5-11-17-13(3)7-8-14-9-10-15(19-6-2)16(12-14)18-4/h7-10,12-13,17H,5-6,11H2,1-4H3/b8-7+. The summed E-state index contributed by atoms with van der Waals surface area (Å²) in [6.45, 7) is 7.97. The number of ether oxygens (including phenoxy) is 2. The summed E-state index contributed by atoms with van der Waals surface area (Å²) >= 11 is 0. The van der Waals surface area contributed by atoms with Crippen molar-refractivity contribution in [2.45, 2.75) is 33.2 Å². The summed E-state index contributed by atoms with van der Waals surface area (Å²) in [7, 11) is 1.66. The Hall–Kier alpha value is -1.48. The van der Waals surface area contributed by atoms with Gasteiger partial charge in [-0.2, -0.15) is 0 Å². The van der Waals surface area contributed by atoms with Crippen molar-refractivity contribution in [2.75, 3.05) is 20.3 Å². The maximum atomic E-state index is 5.50. The molecule has 0 aromatic heterocycles. The smallest absolute Gasteiger partial charge is 0.161 e. The first kappa shape index (κ1) is 15.6. The number of hydrogen-bond acceptors (Lipinski definition) is 3. The molecule has 0 spiro atoms. The monoisotopic (exact) mass is 263 g/mol. The lowest BCUT2D eigenvalue weighted by Crippen LogP contribution is -2.24. The van der Waals surface area contributed by atoms with Gasteiger partial charge in [-0.1, -0.05) is 25.1 Å². The summed E-state index contributed by atoms with van der Waals surface area (Å²) in [6, 6.07) is 6.36. The molecule has 0 saturated carbocycles. The highest BCUT2D eigenvalue weighted by atomic mass is 16.5. The predicted molar refractivity (Wildman–Crippen MR) is 81.0 cm³/mol. The molecule has 1 aromatic carbocycles. The Morgan fingerprint density at radius 1 is 1.26 bits per heavy atom. The zero-order valence-corrected chi connectivity index (χ0v) is 12.4. The van der Waals surface area contributed by atoms with Crippen LogP contribution in [0, 0.1) is 0 Å². The fourth-order valence-electron chi connectivity index (χ4n) is 1.76. The second-order valence-corrected chi connectivity index (χ2v) is 4.45. The summed E-state index contributed by atoms with van der Waals surface area (Å²) in [5.74, 6) is 1.57. The van der Waals surface area contributed by atoms with E-state index >= 15 is 0 Å². The number of nitrogens with one attached hydrogen (secondary N) is 1. The first-order valence-electron chi connectivity index (χ1n) is 6.93. The zero-order chi connectivity index (χ0) is 14.1. The van der Waals surface area contributed by atoms with E-state index in [-0.39, 0.29) is 0 Å². The van der Waals surface area contributed by atoms with Gasteiger partial charge in [-0.05, 0) is 44.5 Å². The molecule has 0 radical (unpaired) electrons. The van der Waals surface area contributed by atoms with Gasteiger partial charge in [-0.15, -0.1) is 0 Å². The van der Waals surface area contributed by atoms with Crippen molar-refractivity contribution >= 4 is 6.08 Å². The fourth-order valence-corrected chi connectivity index (χ4v) is 1.76. The van der Waals surface area contributed by atoms with Gasteiger partial charge in [0.15, 0.2) is 11.5 Å². The van der Waals surface area contributed by atoms with Gasteiger partial charge in [0.05, 0.1) is 13.7 Å². The zero-order valence-electron chi connectivity index (χ0n) is 12.4. The molecule has 1 aromatic rings. The van der Waals surface area contributed by atoms with Crippen LogP contribution in [0.1, 0.15) is 32.8 Å². The summed E-state index contributed by atoms with van der Waals surface area (Å²) in [5, 5.41) is 3.42. The minimum atomic E-state index is 0.373. The molecule has 1 unspecified atom stereocenters. The highest BCUT2D eigenvalue weighted by Crippen LogP contribution is 2.28. The molecule has 1 atom stereocenters. The van der Waals surface area contributed by atoms with E-state index in [4.69, 9.17) is 9.47 Å². The van der Waals surface area contributed by atoms with Crippen LogP contribution in [0.2, 0.25) is 0 Å². The van der Waals surface area contributed by atoms with E-state index in [1.807, 2.05) is 25.1 Å². The van der Waals surface area contributed by atoms with Crippen LogP contribution < -0.4 is 14.8 Å². The molecule has 0 aliphatic rings. The summed E-state index contributed by atoms with van der Waals surface area (Å²) in [4.78, 5) is 0. The highest BCUT2D eigenvalue weighted by Gasteiger charge is 2.03. The van der Waals surface area contributed by atoms with Crippen molar-refractivity contribution < 1.29 is 9.47 Å². The van der Waals surface area contributed by atoms with Gasteiger partial charge in [0.1, 0.15) is 0 Å². The average molecular weight is 263 g/mol. The van der Waals surface area contributed by atoms with Crippen molar-refractivity contribution in [3.63, 3.8) is 0 Å². The van der Waals surface area contributed by atoms with Gasteiger partial charge in [-0.3, -0.25) is 0 Å². The lowest BCUT2D eigenvalue weighted by Gasteiger charge is -2.10. The van der Waals surface area contributed by atoms with Gasteiger partial charge in [-0.25, -0.2) is 0 Å². The third-order valence-electron chi connectivity index (χ3n) is 2.78. The number of benzene rings is 1. The Morgan fingerprint density at radius 2 is 2.05 bits per heavy atom. The summed E-state index contributed by atoms with van der Waals surface area (Å²) in [6.07, 6.45) is 5.41. The molecular weight excluding hydrogens is 238 g/mol. The SMILES string of the molecule is CCCNC(C)/C=C/c1ccc(OCC)c(OC)c1. The van der Waals surface area contributed by atoms with E-state index < -0.39 is 0 Å². The minimum Gasteiger partial charge on any atom is -0.493 e. The van der Waals surface area contributed by atoms with Crippen LogP contribution in [0.5, 0.6) is 11.5 Å². The molecule has 106 valence electrons. The van der Waals surface area contributed by atoms with Gasteiger partial charge in [0, 0.05) is 6.04 Å². The van der Waals surface area contributed by atoms with Crippen LogP contribution in [0.4, 0.5) is 0 Å². The largest absolute Gasteiger partial charge is 0.493 e. The molecule has 0 saturated heterocycles. The maximum Gasteiger partial charge on any atom is 0.161 e. The quantitative estimate of drug-likeness (QED) is 0.778. The van der Waals surface area contributed by atoms with Crippen LogP contribution in [-0.4, -0.2) is 26.3 Å². The first-order valence-corrected chi connectivity index (χ1v) is 6.93. The normalized spacial score (nSPS) is 12.6. The minimum absolute atomic E-state index is 0.373. The van der Waals surface area contributed by atoms with E-state index in [0.29, 0.717) is 12.6 Å². The molecule has 3 heteroatoms. The molecular formula is C16H25NO2. The molecule has 0 aliphatic carbocycles. The summed E-state index contributed by atoms with van der Waals surface area (Å²) in [5.41, 5.74) is 1.12. The summed E-state index contributed by atoms with van der Waals surface area (Å²) < 4.78 is 10.8. The average Bonchev–Trinajstić information content (AvgIpc) is 2.44. The van der Waals surface area contributed by atoms with Crippen molar-refractivity contribution in [2.24, 2.45) is 0 Å². The van der Waals surface area contributed by atoms with Gasteiger partial charge < -0.3 is 14.8 Å². The van der Waals surface area contributed by atoms with Crippen LogP contribution in [0.25, 0.3) is 6.08 Å². The Bertz CT molecular complexity index is 402. The van der Waals surface area contributed by atoms with Crippen molar-refractivity contribution in [1.29, 1.82) is 0 Å². The van der Waals surface area contributed by atoms with E-state index in [0.717, 1.165) is 30.0 Å². The second-order valence-electron chi connectivity index (χ2n) is 4.45. The molecule has 0 fully saturated rings. The molecule has 1 N–H and O–H groups in total. The van der Waals surface area contributed by atoms with Gasteiger partial charge in [0.2, 0.25) is 0 Å². The van der Waals surface area contributed by atoms with Crippen LogP contribution in [0.3, 0.4) is 0 Å². The molecule has 19 heavy (non-hydrogen) atoms. The first-order chi connectivity index (χ1) is 9.21. The topological polar surface area (TPSA) is 30.5 Å². The molecule has 0 aliphatic heterocycles. The lowest BCUT2D eigenvalue weighted by molar-refractivity contribution is 0.311. The third-order valence-corrected chi connectivity index (χ3v) is 2.78. The Kier molecular flexibility index (Phi) is 7.04. The van der Waals surface area contributed by atoms with E-state index in [1.54, 1.807) is 7.11 Å². The fraction of sp³-hybridized carbons (Fsp3) is 0.500. The molecule has 0 amide bonds. The lowest BCUT2D eigenvalue weighted by atomic mass is 10.1. The van der Waals surface area contributed by atoms with Crippen molar-refractivity contribution in [3.05, 3.63) is 29.8 Å². The van der Waals surface area contributed by atoms with Crippen LogP contribution in [0.15, 0.2) is 24.3 Å².